The van der Waals surface area contributed by atoms with Gasteiger partial charge in [0.25, 0.3) is 0 Å². The molecular formula is HLaNO2. The molecule has 21 valence electrons. The van der Waals surface area contributed by atoms with E-state index in [1.54, 1.807) is 0 Å². The molecule has 0 spiro atoms. The van der Waals surface area contributed by atoms with Crippen molar-refractivity contribution in [2.45, 2.75) is 0 Å². The molecular weight excluding hydrogens is 185 g/mol. The average Bonchev–Trinajstić information content (AvgIpc) is 0.918. The van der Waals surface area contributed by atoms with E-state index < -0.39 is 0 Å². The van der Waals surface area contributed by atoms with Gasteiger partial charge in [-0.05, 0) is 0 Å². The Bertz CT molecular complexity index is 13.5. The Morgan fingerprint density at radius 2 is 1.75 bits per heavy atom. The summed E-state index contributed by atoms with van der Waals surface area (Å²) in [7, 11) is 0. The predicted octanol–water partition coefficient (Wildman–Crippen LogP) is 0.142. The van der Waals surface area contributed by atoms with Crippen LogP contribution in [-0.4, -0.2) is 5.21 Å². The van der Waals surface area contributed by atoms with E-state index in [1.165, 1.54) is 5.34 Å². The van der Waals surface area contributed by atoms with Gasteiger partial charge < -0.3 is 5.21 Å². The molecule has 0 atom stereocenters. The van der Waals surface area contributed by atoms with Crippen molar-refractivity contribution in [3.05, 3.63) is 4.91 Å². The second-order valence-electron chi connectivity index (χ2n) is 0.0816. The summed E-state index contributed by atoms with van der Waals surface area (Å²) in [5.41, 5.74) is 0. The number of hydrogen-bond donors (Lipinski definition) is 1. The van der Waals surface area contributed by atoms with Gasteiger partial charge in [-0.1, -0.05) is 0 Å². The smallest absolute Gasteiger partial charge is 0.152 e. The molecule has 0 saturated carbocycles. The number of rotatable bonds is 0. The van der Waals surface area contributed by atoms with Crippen LogP contribution in [0.1, 0.15) is 0 Å². The molecule has 1 radical (unpaired) electrons. The van der Waals surface area contributed by atoms with Gasteiger partial charge in [0.15, 0.2) is 5.34 Å². The maximum absolute atomic E-state index is 8.11. The van der Waals surface area contributed by atoms with Gasteiger partial charge in [0, 0.05) is 35.6 Å². The Morgan fingerprint density at radius 3 is 1.75 bits per heavy atom. The van der Waals surface area contributed by atoms with Crippen LogP contribution >= 0.6 is 0 Å². The van der Waals surface area contributed by atoms with Crippen molar-refractivity contribution >= 4 is 0 Å². The molecule has 0 heterocycles. The molecule has 0 amide bonds. The molecule has 0 bridgehead atoms. The minimum absolute atomic E-state index is 0. The minimum Gasteiger partial charge on any atom is -0.379 e. The number of hydrogen-bond acceptors (Lipinski definition) is 2. The summed E-state index contributed by atoms with van der Waals surface area (Å²) >= 11 is 0. The molecule has 3 nitrogen and oxygen atoms in total. The van der Waals surface area contributed by atoms with E-state index in [0.717, 1.165) is 0 Å². The maximum Gasteiger partial charge on any atom is 0.152 e. The van der Waals surface area contributed by atoms with E-state index in [2.05, 4.69) is 0 Å². The van der Waals surface area contributed by atoms with Crippen LogP contribution in [0.3, 0.4) is 0 Å². The quantitative estimate of drug-likeness (QED) is 0.432. The van der Waals surface area contributed by atoms with Crippen molar-refractivity contribution in [2.24, 2.45) is 5.34 Å². The summed E-state index contributed by atoms with van der Waals surface area (Å²) < 4.78 is 0. The largest absolute Gasteiger partial charge is 0.379 e. The van der Waals surface area contributed by atoms with Crippen molar-refractivity contribution < 1.29 is 40.8 Å². The Kier molecular flexibility index (Phi) is 21.0. The van der Waals surface area contributed by atoms with Crippen LogP contribution in [0, 0.1) is 40.5 Å². The fraction of sp³-hybridized carbons (Fsp3) is 0. The van der Waals surface area contributed by atoms with Crippen LogP contribution < -0.4 is 0 Å². The van der Waals surface area contributed by atoms with E-state index in [9.17, 15) is 0 Å². The fourth-order valence-electron chi connectivity index (χ4n) is 0. The van der Waals surface area contributed by atoms with Gasteiger partial charge in [0.2, 0.25) is 0 Å². The third-order valence-electron chi connectivity index (χ3n) is 0. The van der Waals surface area contributed by atoms with E-state index in [4.69, 9.17) is 10.1 Å². The van der Waals surface area contributed by atoms with Crippen molar-refractivity contribution in [1.82, 2.24) is 0 Å². The Labute approximate surface area is 50.9 Å². The van der Waals surface area contributed by atoms with Crippen LogP contribution in [-0.2, 0) is 0 Å². The standard InChI is InChI=1S/La.HNO2/c;2-1-3/h;(H,2,3). The summed E-state index contributed by atoms with van der Waals surface area (Å²) in [6, 6.07) is 0. The second kappa shape index (κ2) is 9.52. The van der Waals surface area contributed by atoms with Crippen LogP contribution in [0.25, 0.3) is 0 Å². The monoisotopic (exact) mass is 186 g/mol. The molecule has 1 N–H and O–H groups in total. The molecule has 0 aliphatic carbocycles. The van der Waals surface area contributed by atoms with Gasteiger partial charge in [-0.15, -0.1) is 4.91 Å². The predicted molar refractivity (Wildman–Crippen MR) is 7.58 cm³/mol. The first-order valence-corrected chi connectivity index (χ1v) is 0.383. The second-order valence-corrected chi connectivity index (χ2v) is 0.0816. The third kappa shape index (κ3) is 18.7. The zero-order valence-electron chi connectivity index (χ0n) is 1.88. The molecule has 4 heteroatoms. The fourth-order valence-corrected chi connectivity index (χ4v) is 0. The summed E-state index contributed by atoms with van der Waals surface area (Å²) in [4.78, 5) is 8.11. The van der Waals surface area contributed by atoms with Gasteiger partial charge >= 0.3 is 0 Å². The summed E-state index contributed by atoms with van der Waals surface area (Å²) in [6.45, 7) is 0. The normalized spacial score (nSPS) is 3.00. The molecule has 0 fully saturated rings. The number of nitrogens with zero attached hydrogens (tertiary/aromatic N) is 1. The van der Waals surface area contributed by atoms with E-state index >= 15 is 0 Å². The van der Waals surface area contributed by atoms with Crippen LogP contribution in [0.2, 0.25) is 0 Å². The molecule has 0 rings (SSSR count). The van der Waals surface area contributed by atoms with Crippen molar-refractivity contribution in [1.29, 1.82) is 0 Å². The Hall–Kier alpha value is 0.595. The summed E-state index contributed by atoms with van der Waals surface area (Å²) in [5.74, 6) is 0. The molecule has 0 aliphatic heterocycles. The molecule has 0 aromatic rings. The first-order chi connectivity index (χ1) is 1.41. The first-order valence-electron chi connectivity index (χ1n) is 0.383. The molecule has 0 unspecified atom stereocenters. The first kappa shape index (κ1) is 8.82. The third-order valence-corrected chi connectivity index (χ3v) is 0. The SMILES string of the molecule is O=NO.[La]. The molecule has 0 aromatic heterocycles. The molecule has 0 saturated heterocycles. The van der Waals surface area contributed by atoms with Crippen molar-refractivity contribution in [3.8, 4) is 0 Å². The van der Waals surface area contributed by atoms with Gasteiger partial charge in [-0.25, -0.2) is 0 Å². The van der Waals surface area contributed by atoms with E-state index in [0.29, 0.717) is 0 Å². The zero-order chi connectivity index (χ0) is 2.71. The van der Waals surface area contributed by atoms with Gasteiger partial charge in [0.1, 0.15) is 0 Å². The summed E-state index contributed by atoms with van der Waals surface area (Å²) in [5, 5.41) is 7.89. The van der Waals surface area contributed by atoms with Crippen LogP contribution in [0.4, 0.5) is 0 Å². The average molecular weight is 186 g/mol. The van der Waals surface area contributed by atoms with Gasteiger partial charge in [0.05, 0.1) is 0 Å². The molecule has 0 aliphatic rings. The Balaban J connectivity index is 0. The van der Waals surface area contributed by atoms with Crippen LogP contribution in [0.5, 0.6) is 0 Å². The van der Waals surface area contributed by atoms with Crippen LogP contribution in [0.15, 0.2) is 5.34 Å². The Morgan fingerprint density at radius 1 is 1.75 bits per heavy atom. The summed E-state index contributed by atoms with van der Waals surface area (Å²) in [6.07, 6.45) is 0. The van der Waals surface area contributed by atoms with Crippen molar-refractivity contribution in [3.63, 3.8) is 0 Å². The van der Waals surface area contributed by atoms with Gasteiger partial charge in [-0.2, -0.15) is 0 Å². The zero-order valence-corrected chi connectivity index (χ0v) is 5.51. The molecule has 4 heavy (non-hydrogen) atoms. The maximum atomic E-state index is 8.11. The van der Waals surface area contributed by atoms with E-state index in [1.807, 2.05) is 0 Å². The minimum atomic E-state index is 0. The van der Waals surface area contributed by atoms with Crippen molar-refractivity contribution in [2.75, 3.05) is 0 Å². The molecule has 0 aromatic carbocycles. The van der Waals surface area contributed by atoms with E-state index in [-0.39, 0.29) is 35.6 Å². The topological polar surface area (TPSA) is 49.7 Å². The van der Waals surface area contributed by atoms with Gasteiger partial charge in [-0.3, -0.25) is 0 Å².